The topological polar surface area (TPSA) is 51.0 Å². The fourth-order valence-electron chi connectivity index (χ4n) is 2.18. The van der Waals surface area contributed by atoms with Crippen LogP contribution >= 0.6 is 22.9 Å². The van der Waals surface area contributed by atoms with Crippen molar-refractivity contribution in [3.8, 4) is 10.6 Å². The molecule has 0 spiro atoms. The van der Waals surface area contributed by atoms with E-state index in [-0.39, 0.29) is 10.8 Å². The maximum atomic E-state index is 12.8. The van der Waals surface area contributed by atoms with Crippen LogP contribution in [0.5, 0.6) is 0 Å². The van der Waals surface area contributed by atoms with Crippen LogP contribution in [0.15, 0.2) is 36.5 Å². The van der Waals surface area contributed by atoms with Crippen molar-refractivity contribution < 1.29 is 18.0 Å². The first-order valence-electron chi connectivity index (χ1n) is 6.87. The minimum Gasteiger partial charge on any atom is -0.278 e. The van der Waals surface area contributed by atoms with Crippen LogP contribution in [0.3, 0.4) is 0 Å². The second-order valence-electron chi connectivity index (χ2n) is 4.97. The molecular weight excluding hydrogens is 377 g/mol. The fourth-order valence-corrected chi connectivity index (χ4v) is 3.35. The molecular formula is C15H10ClF3N4OS. The van der Waals surface area contributed by atoms with E-state index >= 15 is 0 Å². The van der Waals surface area contributed by atoms with Crippen molar-refractivity contribution in [3.05, 3.63) is 47.2 Å². The van der Waals surface area contributed by atoms with Gasteiger partial charge in [-0.25, -0.2) is 4.98 Å². The summed E-state index contributed by atoms with van der Waals surface area (Å²) in [6, 6.07) is 7.64. The summed E-state index contributed by atoms with van der Waals surface area (Å²) in [5.41, 5.74) is -0.305. The van der Waals surface area contributed by atoms with Gasteiger partial charge in [0.05, 0.1) is 21.3 Å². The highest BCUT2D eigenvalue weighted by Gasteiger charge is 2.35. The predicted molar refractivity (Wildman–Crippen MR) is 89.0 cm³/mol. The van der Waals surface area contributed by atoms with Crippen molar-refractivity contribution >= 4 is 40.2 Å². The Morgan fingerprint density at radius 2 is 2.04 bits per heavy atom. The molecule has 0 unspecified atom stereocenters. The van der Waals surface area contributed by atoms with Crippen molar-refractivity contribution in [2.45, 2.75) is 6.18 Å². The Kier molecular flexibility index (Phi) is 4.53. The van der Waals surface area contributed by atoms with E-state index in [1.165, 1.54) is 18.1 Å². The molecule has 0 aliphatic rings. The van der Waals surface area contributed by atoms with Crippen LogP contribution in [-0.2, 0) is 18.0 Å². The fraction of sp³-hybridized carbons (Fsp3) is 0.133. The van der Waals surface area contributed by atoms with Gasteiger partial charge in [-0.1, -0.05) is 35.1 Å². The Hall–Kier alpha value is -2.39. The van der Waals surface area contributed by atoms with E-state index < -0.39 is 11.9 Å². The number of hydrogen-bond donors (Lipinski definition) is 0. The number of alkyl halides is 3. The number of thiazole rings is 1. The lowest BCUT2D eigenvalue weighted by molar-refractivity contribution is -0.141. The third-order valence-electron chi connectivity index (χ3n) is 3.34. The van der Waals surface area contributed by atoms with Crippen LogP contribution in [0, 0.1) is 0 Å². The van der Waals surface area contributed by atoms with Crippen LogP contribution in [0.2, 0.25) is 5.02 Å². The monoisotopic (exact) mass is 386 g/mol. The SMILES string of the molecule is Cn1nc(C(F)(F)F)cc1-c1cnc(N(C=O)c2ccccc2Cl)s1. The molecule has 3 rings (SSSR count). The molecule has 5 nitrogen and oxygen atoms in total. The Morgan fingerprint density at radius 1 is 1.32 bits per heavy atom. The molecule has 0 atom stereocenters. The zero-order valence-corrected chi connectivity index (χ0v) is 14.2. The molecule has 0 aliphatic carbocycles. The minimum absolute atomic E-state index is 0.251. The number of aryl methyl sites for hydroxylation is 1. The highest BCUT2D eigenvalue weighted by molar-refractivity contribution is 7.19. The summed E-state index contributed by atoms with van der Waals surface area (Å²) in [6.07, 6.45) is -2.59. The van der Waals surface area contributed by atoms with Crippen LogP contribution in [0.25, 0.3) is 10.6 Å². The maximum absolute atomic E-state index is 12.8. The van der Waals surface area contributed by atoms with E-state index in [0.29, 0.717) is 22.0 Å². The number of amides is 1. The van der Waals surface area contributed by atoms with Gasteiger partial charge in [0.1, 0.15) is 0 Å². The average Bonchev–Trinajstić information content (AvgIpc) is 3.16. The van der Waals surface area contributed by atoms with E-state index in [1.54, 1.807) is 24.3 Å². The third kappa shape index (κ3) is 3.38. The first kappa shape index (κ1) is 17.4. The molecule has 0 saturated heterocycles. The highest BCUT2D eigenvalue weighted by atomic mass is 35.5. The van der Waals surface area contributed by atoms with Crippen molar-refractivity contribution in [1.29, 1.82) is 0 Å². The molecule has 130 valence electrons. The van der Waals surface area contributed by atoms with E-state index in [2.05, 4.69) is 10.1 Å². The van der Waals surface area contributed by atoms with Gasteiger partial charge in [0.2, 0.25) is 6.41 Å². The molecule has 2 aromatic heterocycles. The van der Waals surface area contributed by atoms with Gasteiger partial charge in [0, 0.05) is 13.2 Å². The lowest BCUT2D eigenvalue weighted by Gasteiger charge is -2.15. The summed E-state index contributed by atoms with van der Waals surface area (Å²) in [5, 5.41) is 4.11. The quantitative estimate of drug-likeness (QED) is 0.620. The zero-order chi connectivity index (χ0) is 18.2. The molecule has 10 heteroatoms. The number of aromatic nitrogens is 3. The van der Waals surface area contributed by atoms with Gasteiger partial charge >= 0.3 is 6.18 Å². The third-order valence-corrected chi connectivity index (χ3v) is 4.68. The van der Waals surface area contributed by atoms with Crippen LogP contribution in [-0.4, -0.2) is 21.2 Å². The normalized spacial score (nSPS) is 11.6. The number of carbonyl (C=O) groups is 1. The second kappa shape index (κ2) is 6.49. The molecule has 1 amide bonds. The number of benzene rings is 1. The van der Waals surface area contributed by atoms with Gasteiger partial charge in [-0.15, -0.1) is 0 Å². The summed E-state index contributed by atoms with van der Waals surface area (Å²) in [4.78, 5) is 17.3. The molecule has 0 fully saturated rings. The minimum atomic E-state index is -4.53. The van der Waals surface area contributed by atoms with Crippen molar-refractivity contribution in [3.63, 3.8) is 0 Å². The molecule has 2 heterocycles. The molecule has 0 radical (unpaired) electrons. The Balaban J connectivity index is 1.99. The van der Waals surface area contributed by atoms with Crippen LogP contribution in [0.1, 0.15) is 5.69 Å². The standard InChI is InChI=1S/C15H10ClF3N4OS/c1-22-11(6-13(21-22)15(17,18)19)12-7-20-14(25-12)23(8-24)10-5-3-2-4-9(10)16/h2-8H,1H3. The van der Waals surface area contributed by atoms with E-state index in [4.69, 9.17) is 11.6 Å². The number of carbonyl (C=O) groups excluding carboxylic acids is 1. The number of para-hydroxylation sites is 1. The first-order chi connectivity index (χ1) is 11.8. The van der Waals surface area contributed by atoms with Gasteiger partial charge in [0.25, 0.3) is 0 Å². The Bertz CT molecular complexity index is 922. The highest BCUT2D eigenvalue weighted by Crippen LogP contribution is 2.38. The average molecular weight is 387 g/mol. The van der Waals surface area contributed by atoms with Gasteiger partial charge < -0.3 is 0 Å². The van der Waals surface area contributed by atoms with Crippen LogP contribution < -0.4 is 4.90 Å². The molecule has 0 saturated carbocycles. The summed E-state index contributed by atoms with van der Waals surface area (Å²) < 4.78 is 39.5. The van der Waals surface area contributed by atoms with Gasteiger partial charge in [0.15, 0.2) is 10.8 Å². The Morgan fingerprint density at radius 3 is 2.64 bits per heavy atom. The van der Waals surface area contributed by atoms with Gasteiger partial charge in [-0.05, 0) is 18.2 Å². The smallest absolute Gasteiger partial charge is 0.278 e. The van der Waals surface area contributed by atoms with E-state index in [1.807, 2.05) is 0 Å². The zero-order valence-electron chi connectivity index (χ0n) is 12.7. The van der Waals surface area contributed by atoms with E-state index in [0.717, 1.165) is 22.1 Å². The number of rotatable bonds is 4. The summed E-state index contributed by atoms with van der Waals surface area (Å²) in [7, 11) is 1.41. The summed E-state index contributed by atoms with van der Waals surface area (Å²) in [5.74, 6) is 0. The van der Waals surface area contributed by atoms with Crippen LogP contribution in [0.4, 0.5) is 24.0 Å². The lowest BCUT2D eigenvalue weighted by Crippen LogP contribution is -2.13. The van der Waals surface area contributed by atoms with Crippen molar-refractivity contribution in [1.82, 2.24) is 14.8 Å². The van der Waals surface area contributed by atoms with Crippen molar-refractivity contribution in [2.75, 3.05) is 4.90 Å². The van der Waals surface area contributed by atoms with Crippen molar-refractivity contribution in [2.24, 2.45) is 7.05 Å². The summed E-state index contributed by atoms with van der Waals surface area (Å²) >= 11 is 7.14. The lowest BCUT2D eigenvalue weighted by atomic mass is 10.3. The molecule has 3 aromatic rings. The molecule has 0 bridgehead atoms. The van der Waals surface area contributed by atoms with E-state index in [9.17, 15) is 18.0 Å². The predicted octanol–water partition coefficient (Wildman–Crippen LogP) is 4.51. The maximum Gasteiger partial charge on any atom is 0.435 e. The van der Waals surface area contributed by atoms with Gasteiger partial charge in [-0.2, -0.15) is 18.3 Å². The summed E-state index contributed by atoms with van der Waals surface area (Å²) in [6.45, 7) is 0. The number of nitrogens with zero attached hydrogens (tertiary/aromatic N) is 4. The van der Waals surface area contributed by atoms with Gasteiger partial charge in [-0.3, -0.25) is 14.4 Å². The molecule has 1 aromatic carbocycles. The Labute approximate surface area is 149 Å². The molecule has 0 N–H and O–H groups in total. The largest absolute Gasteiger partial charge is 0.435 e. The molecule has 0 aliphatic heterocycles. The molecule has 25 heavy (non-hydrogen) atoms. The number of anilines is 2. The number of hydrogen-bond acceptors (Lipinski definition) is 4. The second-order valence-corrected chi connectivity index (χ2v) is 6.39. The number of halogens is 4. The first-order valence-corrected chi connectivity index (χ1v) is 8.07.